The molecule has 1 aromatic heterocycles. The third-order valence-electron chi connectivity index (χ3n) is 5.23. The SMILES string of the molecule is O=C(O)C1=Nc2nc(-c3ccc(F)cc3)c(N3CCCc4ccccc43)nc2C1. The van der Waals surface area contributed by atoms with Gasteiger partial charge in [0.05, 0.1) is 5.69 Å². The van der Waals surface area contributed by atoms with E-state index in [4.69, 9.17) is 4.98 Å². The van der Waals surface area contributed by atoms with Crippen LogP contribution in [0.2, 0.25) is 0 Å². The summed E-state index contributed by atoms with van der Waals surface area (Å²) in [6.45, 7) is 0.769. The number of anilines is 2. The van der Waals surface area contributed by atoms with Gasteiger partial charge in [-0.05, 0) is 48.7 Å². The molecule has 0 bridgehead atoms. The summed E-state index contributed by atoms with van der Waals surface area (Å²) in [5.41, 5.74) is 4.14. The standard InChI is InChI=1S/C22H17FN4O2/c23-15-9-7-14(8-10-15)19-21(25-16-12-17(22(28)29)24-20(16)26-19)27-11-3-5-13-4-1-2-6-18(13)27/h1-2,4,6-10H,3,5,11-12H2,(H,28,29). The lowest BCUT2D eigenvalue weighted by Crippen LogP contribution is -2.26. The number of carboxylic acid groups (broad SMARTS) is 1. The summed E-state index contributed by atoms with van der Waals surface area (Å²) in [7, 11) is 0. The Kier molecular flexibility index (Phi) is 4.08. The fraction of sp³-hybridized carbons (Fsp3) is 0.182. The molecule has 0 amide bonds. The number of carbonyl (C=O) groups is 1. The molecule has 144 valence electrons. The fourth-order valence-electron chi connectivity index (χ4n) is 3.85. The van der Waals surface area contributed by atoms with E-state index < -0.39 is 5.97 Å². The lowest BCUT2D eigenvalue weighted by molar-refractivity contribution is -0.129. The Bertz CT molecular complexity index is 1160. The van der Waals surface area contributed by atoms with Crippen LogP contribution in [-0.4, -0.2) is 33.3 Å². The van der Waals surface area contributed by atoms with Gasteiger partial charge in [0.2, 0.25) is 0 Å². The highest BCUT2D eigenvalue weighted by atomic mass is 19.1. The van der Waals surface area contributed by atoms with Gasteiger partial charge >= 0.3 is 5.97 Å². The minimum absolute atomic E-state index is 0.0289. The number of aryl methyl sites for hydroxylation is 1. The molecule has 29 heavy (non-hydrogen) atoms. The summed E-state index contributed by atoms with van der Waals surface area (Å²) in [5.74, 6) is -0.447. The zero-order chi connectivity index (χ0) is 20.0. The number of aliphatic carboxylic acids is 1. The van der Waals surface area contributed by atoms with Crippen LogP contribution in [0.3, 0.4) is 0 Å². The molecule has 0 saturated carbocycles. The fourth-order valence-corrected chi connectivity index (χ4v) is 3.85. The summed E-state index contributed by atoms with van der Waals surface area (Å²) in [6.07, 6.45) is 2.10. The van der Waals surface area contributed by atoms with Crippen molar-refractivity contribution in [2.24, 2.45) is 4.99 Å². The highest BCUT2D eigenvalue weighted by molar-refractivity contribution is 6.37. The van der Waals surface area contributed by atoms with Crippen LogP contribution in [0.15, 0.2) is 53.5 Å². The molecule has 7 heteroatoms. The van der Waals surface area contributed by atoms with Crippen LogP contribution in [-0.2, 0) is 17.6 Å². The molecule has 3 heterocycles. The van der Waals surface area contributed by atoms with E-state index in [1.807, 2.05) is 12.1 Å². The molecule has 5 rings (SSSR count). The van der Waals surface area contributed by atoms with Crippen molar-refractivity contribution < 1.29 is 14.3 Å². The summed E-state index contributed by atoms with van der Waals surface area (Å²) in [5, 5.41) is 9.31. The van der Waals surface area contributed by atoms with Gasteiger partial charge in [0.25, 0.3) is 0 Å². The van der Waals surface area contributed by atoms with Gasteiger partial charge < -0.3 is 10.0 Å². The minimum atomic E-state index is -1.07. The molecule has 0 radical (unpaired) electrons. The Labute approximate surface area is 166 Å². The summed E-state index contributed by atoms with van der Waals surface area (Å²) in [4.78, 5) is 27.1. The van der Waals surface area contributed by atoms with Gasteiger partial charge in [-0.25, -0.2) is 24.1 Å². The summed E-state index contributed by atoms with van der Waals surface area (Å²) < 4.78 is 13.5. The third-order valence-corrected chi connectivity index (χ3v) is 5.23. The van der Waals surface area contributed by atoms with Gasteiger partial charge in [0.15, 0.2) is 11.6 Å². The minimum Gasteiger partial charge on any atom is -0.477 e. The Morgan fingerprint density at radius 3 is 2.66 bits per heavy atom. The molecule has 0 aliphatic carbocycles. The van der Waals surface area contributed by atoms with Crippen molar-refractivity contribution in [3.05, 3.63) is 65.6 Å². The zero-order valence-corrected chi connectivity index (χ0v) is 15.5. The number of nitrogens with zero attached hydrogens (tertiary/aromatic N) is 4. The van der Waals surface area contributed by atoms with Crippen molar-refractivity contribution in [3.63, 3.8) is 0 Å². The van der Waals surface area contributed by atoms with E-state index in [9.17, 15) is 14.3 Å². The maximum atomic E-state index is 13.5. The molecule has 3 aromatic rings. The summed E-state index contributed by atoms with van der Waals surface area (Å²) >= 11 is 0. The number of halogens is 1. The molecule has 6 nitrogen and oxygen atoms in total. The smallest absolute Gasteiger partial charge is 0.350 e. The first-order chi connectivity index (χ1) is 14.1. The van der Waals surface area contributed by atoms with Gasteiger partial charge in [-0.3, -0.25) is 0 Å². The Morgan fingerprint density at radius 2 is 1.86 bits per heavy atom. The van der Waals surface area contributed by atoms with Gasteiger partial charge in [0.1, 0.15) is 17.2 Å². The monoisotopic (exact) mass is 388 g/mol. The van der Waals surface area contributed by atoms with E-state index in [-0.39, 0.29) is 17.9 Å². The van der Waals surface area contributed by atoms with Crippen molar-refractivity contribution >= 4 is 29.0 Å². The maximum Gasteiger partial charge on any atom is 0.350 e. The van der Waals surface area contributed by atoms with Crippen molar-refractivity contribution in [1.82, 2.24) is 9.97 Å². The third kappa shape index (κ3) is 3.04. The Balaban J connectivity index is 1.70. The quantitative estimate of drug-likeness (QED) is 0.731. The first-order valence-electron chi connectivity index (χ1n) is 9.43. The predicted molar refractivity (Wildman–Crippen MR) is 108 cm³/mol. The number of aliphatic imine (C=N–C) groups is 1. The molecular formula is C22H17FN4O2. The molecule has 1 N–H and O–H groups in total. The molecule has 0 atom stereocenters. The van der Waals surface area contributed by atoms with E-state index in [0.29, 0.717) is 28.6 Å². The van der Waals surface area contributed by atoms with E-state index in [0.717, 1.165) is 25.1 Å². The van der Waals surface area contributed by atoms with E-state index >= 15 is 0 Å². The number of benzene rings is 2. The second-order valence-electron chi connectivity index (χ2n) is 7.10. The Hall–Kier alpha value is -3.61. The van der Waals surface area contributed by atoms with Gasteiger partial charge in [-0.1, -0.05) is 18.2 Å². The van der Waals surface area contributed by atoms with Crippen LogP contribution in [0.4, 0.5) is 21.7 Å². The highest BCUT2D eigenvalue weighted by Gasteiger charge is 2.29. The molecule has 2 aromatic carbocycles. The molecule has 0 fully saturated rings. The summed E-state index contributed by atoms with van der Waals surface area (Å²) in [6, 6.07) is 14.2. The van der Waals surface area contributed by atoms with E-state index in [2.05, 4.69) is 27.0 Å². The van der Waals surface area contributed by atoms with Gasteiger partial charge in [-0.2, -0.15) is 0 Å². The molecule has 2 aliphatic heterocycles. The number of fused-ring (bicyclic) bond motifs is 2. The molecular weight excluding hydrogens is 371 g/mol. The van der Waals surface area contributed by atoms with Crippen molar-refractivity contribution in [3.8, 4) is 11.3 Å². The lowest BCUT2D eigenvalue weighted by atomic mass is 10.0. The number of hydrogen-bond donors (Lipinski definition) is 1. The molecule has 0 unspecified atom stereocenters. The van der Waals surface area contributed by atoms with Crippen LogP contribution in [0, 0.1) is 5.82 Å². The van der Waals surface area contributed by atoms with Crippen LogP contribution < -0.4 is 4.90 Å². The average molecular weight is 388 g/mol. The molecule has 0 saturated heterocycles. The lowest BCUT2D eigenvalue weighted by Gasteiger charge is -2.31. The number of para-hydroxylation sites is 1. The largest absolute Gasteiger partial charge is 0.477 e. The first-order valence-corrected chi connectivity index (χ1v) is 9.43. The molecule has 2 aliphatic rings. The topological polar surface area (TPSA) is 78.7 Å². The zero-order valence-electron chi connectivity index (χ0n) is 15.5. The first kappa shape index (κ1) is 17.5. The van der Waals surface area contributed by atoms with Crippen LogP contribution in [0.1, 0.15) is 17.7 Å². The number of rotatable bonds is 3. The predicted octanol–water partition coefficient (Wildman–Crippen LogP) is 4.08. The van der Waals surface area contributed by atoms with Crippen molar-refractivity contribution in [1.29, 1.82) is 0 Å². The van der Waals surface area contributed by atoms with E-state index in [1.54, 1.807) is 12.1 Å². The normalized spacial score (nSPS) is 14.9. The number of hydrogen-bond acceptors (Lipinski definition) is 5. The second kappa shape index (κ2) is 6.77. The van der Waals surface area contributed by atoms with Crippen LogP contribution in [0.25, 0.3) is 11.3 Å². The number of aromatic nitrogens is 2. The van der Waals surface area contributed by atoms with Gasteiger partial charge in [-0.15, -0.1) is 0 Å². The molecule has 0 spiro atoms. The maximum absolute atomic E-state index is 13.5. The average Bonchev–Trinajstić information content (AvgIpc) is 3.16. The Morgan fingerprint density at radius 1 is 1.07 bits per heavy atom. The van der Waals surface area contributed by atoms with Crippen LogP contribution in [0.5, 0.6) is 0 Å². The second-order valence-corrected chi connectivity index (χ2v) is 7.10. The van der Waals surface area contributed by atoms with Crippen LogP contribution >= 0.6 is 0 Å². The highest BCUT2D eigenvalue weighted by Crippen LogP contribution is 2.39. The van der Waals surface area contributed by atoms with E-state index in [1.165, 1.54) is 17.7 Å². The van der Waals surface area contributed by atoms with Crippen molar-refractivity contribution in [2.45, 2.75) is 19.3 Å². The number of carboxylic acids is 1. The van der Waals surface area contributed by atoms with Crippen molar-refractivity contribution in [2.75, 3.05) is 11.4 Å². The van der Waals surface area contributed by atoms with Gasteiger partial charge in [0, 0.05) is 24.2 Å².